The third-order valence-corrected chi connectivity index (χ3v) is 8.86. The molecule has 2 aliphatic heterocycles. The van der Waals surface area contributed by atoms with Gasteiger partial charge in [0.1, 0.15) is 5.03 Å². The summed E-state index contributed by atoms with van der Waals surface area (Å²) in [6, 6.07) is 12.6. The molecule has 4 heterocycles. The number of carbonyl (C=O) groups is 4. The fourth-order valence-electron chi connectivity index (χ4n) is 5.15. The summed E-state index contributed by atoms with van der Waals surface area (Å²) in [4.78, 5) is 59.6. The number of thiophene rings is 1. The van der Waals surface area contributed by atoms with Gasteiger partial charge >= 0.3 is 11.8 Å². The molecule has 0 unspecified atom stereocenters. The summed E-state index contributed by atoms with van der Waals surface area (Å²) >= 11 is 2.87. The van der Waals surface area contributed by atoms with E-state index in [1.165, 1.54) is 23.1 Å². The number of carbonyl (C=O) groups excluding carboxylic acids is 4. The van der Waals surface area contributed by atoms with Crippen LogP contribution in [0.25, 0.3) is 0 Å². The van der Waals surface area contributed by atoms with E-state index in [2.05, 4.69) is 15.6 Å². The Kier molecular flexibility index (Phi) is 8.81. The summed E-state index contributed by atoms with van der Waals surface area (Å²) in [7, 11) is 0. The van der Waals surface area contributed by atoms with Gasteiger partial charge in [0.25, 0.3) is 11.8 Å². The maximum absolute atomic E-state index is 12.9. The standard InChI is InChI=1S/C29H31N5O4S2/c1-39-27-22(6-2-12-30-27)28(37)33-14-10-19(11-15-33)18-31-25(35)26(36)32-21-8-9-23-20(17-21)5-3-13-34(23)29(38)24-7-4-16-40-24/h2,4,6-9,12,16-17,19H,3,5,10-11,13-15,18H2,1H3,(H,31,35)(H,32,36). The van der Waals surface area contributed by atoms with E-state index in [9.17, 15) is 19.2 Å². The Morgan fingerprint density at radius 3 is 2.60 bits per heavy atom. The van der Waals surface area contributed by atoms with E-state index in [0.717, 1.165) is 42.0 Å². The monoisotopic (exact) mass is 577 g/mol. The van der Waals surface area contributed by atoms with Crippen LogP contribution in [0.5, 0.6) is 0 Å². The highest BCUT2D eigenvalue weighted by Gasteiger charge is 2.27. The van der Waals surface area contributed by atoms with Gasteiger partial charge in [-0.1, -0.05) is 6.07 Å². The third-order valence-electron chi connectivity index (χ3n) is 7.29. The van der Waals surface area contributed by atoms with E-state index in [1.807, 2.05) is 40.8 Å². The first-order chi connectivity index (χ1) is 19.4. The molecule has 40 heavy (non-hydrogen) atoms. The first-order valence-electron chi connectivity index (χ1n) is 13.3. The number of hydrogen-bond acceptors (Lipinski definition) is 7. The van der Waals surface area contributed by atoms with Crippen molar-refractivity contribution in [2.45, 2.75) is 30.7 Å². The van der Waals surface area contributed by atoms with Crippen LogP contribution in [0.3, 0.4) is 0 Å². The number of hydrogen-bond donors (Lipinski definition) is 2. The quantitative estimate of drug-likeness (QED) is 0.338. The number of pyridine rings is 1. The molecule has 5 rings (SSSR count). The molecule has 208 valence electrons. The summed E-state index contributed by atoms with van der Waals surface area (Å²) in [5.74, 6) is -1.28. The number of piperidine rings is 1. The fraction of sp³-hybridized carbons (Fsp3) is 0.345. The molecule has 1 aromatic carbocycles. The lowest BCUT2D eigenvalue weighted by Crippen LogP contribution is -2.43. The minimum absolute atomic E-state index is 0.0240. The number of thioether (sulfide) groups is 1. The van der Waals surface area contributed by atoms with Crippen molar-refractivity contribution in [2.75, 3.05) is 42.7 Å². The zero-order valence-electron chi connectivity index (χ0n) is 22.2. The Balaban J connectivity index is 1.10. The Hall–Kier alpha value is -3.70. The first-order valence-corrected chi connectivity index (χ1v) is 15.4. The van der Waals surface area contributed by atoms with Gasteiger partial charge < -0.3 is 20.4 Å². The second kappa shape index (κ2) is 12.6. The molecule has 3 aromatic rings. The van der Waals surface area contributed by atoms with Crippen molar-refractivity contribution >= 4 is 58.1 Å². The van der Waals surface area contributed by atoms with E-state index in [-0.39, 0.29) is 17.7 Å². The Labute approximate surface area is 241 Å². The van der Waals surface area contributed by atoms with Gasteiger partial charge in [0, 0.05) is 43.8 Å². The molecule has 2 N–H and O–H groups in total. The van der Waals surface area contributed by atoms with Crippen LogP contribution >= 0.6 is 23.1 Å². The van der Waals surface area contributed by atoms with Gasteiger partial charge in [-0.2, -0.15) is 0 Å². The minimum atomic E-state index is -0.726. The zero-order chi connectivity index (χ0) is 28.1. The molecule has 2 aromatic heterocycles. The number of aryl methyl sites for hydroxylation is 1. The predicted octanol–water partition coefficient (Wildman–Crippen LogP) is 4.07. The molecule has 1 saturated heterocycles. The van der Waals surface area contributed by atoms with Gasteiger partial charge in [-0.15, -0.1) is 23.1 Å². The topological polar surface area (TPSA) is 112 Å². The van der Waals surface area contributed by atoms with E-state index < -0.39 is 11.8 Å². The van der Waals surface area contributed by atoms with Gasteiger partial charge in [0.05, 0.1) is 10.4 Å². The molecule has 0 atom stereocenters. The summed E-state index contributed by atoms with van der Waals surface area (Å²) in [6.07, 6.45) is 6.69. The highest BCUT2D eigenvalue weighted by molar-refractivity contribution is 7.98. The number of likely N-dealkylation sites (tertiary alicyclic amines) is 1. The summed E-state index contributed by atoms with van der Waals surface area (Å²) in [5, 5.41) is 8.04. The van der Waals surface area contributed by atoms with Crippen LogP contribution in [0.1, 0.15) is 44.9 Å². The Bertz CT molecular complexity index is 1400. The Morgan fingerprint density at radius 2 is 1.85 bits per heavy atom. The van der Waals surface area contributed by atoms with Crippen molar-refractivity contribution < 1.29 is 19.2 Å². The number of anilines is 2. The highest BCUT2D eigenvalue weighted by atomic mass is 32.2. The molecule has 4 amide bonds. The number of nitrogens with one attached hydrogen (secondary N) is 2. The lowest BCUT2D eigenvalue weighted by molar-refractivity contribution is -0.136. The first kappa shape index (κ1) is 27.9. The van der Waals surface area contributed by atoms with Gasteiger partial charge in [-0.25, -0.2) is 4.98 Å². The molecule has 0 radical (unpaired) electrons. The van der Waals surface area contributed by atoms with Gasteiger partial charge in [0.2, 0.25) is 0 Å². The van der Waals surface area contributed by atoms with Crippen LogP contribution in [0.4, 0.5) is 11.4 Å². The van der Waals surface area contributed by atoms with Gasteiger partial charge in [-0.05, 0) is 85.2 Å². The zero-order valence-corrected chi connectivity index (χ0v) is 23.9. The molecular formula is C29H31N5O4S2. The molecule has 0 bridgehead atoms. The second-order valence-electron chi connectivity index (χ2n) is 9.84. The van der Waals surface area contributed by atoms with Crippen LogP contribution in [0.15, 0.2) is 59.1 Å². The van der Waals surface area contributed by atoms with E-state index in [1.54, 1.807) is 29.3 Å². The van der Waals surface area contributed by atoms with Crippen molar-refractivity contribution in [2.24, 2.45) is 5.92 Å². The van der Waals surface area contributed by atoms with Crippen molar-refractivity contribution in [1.82, 2.24) is 15.2 Å². The number of rotatable bonds is 6. The van der Waals surface area contributed by atoms with Crippen LogP contribution in [0.2, 0.25) is 0 Å². The molecule has 11 heteroatoms. The van der Waals surface area contributed by atoms with Crippen LogP contribution < -0.4 is 15.5 Å². The van der Waals surface area contributed by atoms with Crippen LogP contribution in [-0.4, -0.2) is 65.9 Å². The summed E-state index contributed by atoms with van der Waals surface area (Å²) in [6.45, 7) is 2.21. The predicted molar refractivity (Wildman–Crippen MR) is 157 cm³/mol. The van der Waals surface area contributed by atoms with Gasteiger partial charge in [-0.3, -0.25) is 19.2 Å². The average molecular weight is 578 g/mol. The number of aromatic nitrogens is 1. The Morgan fingerprint density at radius 1 is 1.02 bits per heavy atom. The molecule has 9 nitrogen and oxygen atoms in total. The van der Waals surface area contributed by atoms with Crippen molar-refractivity contribution in [3.63, 3.8) is 0 Å². The fourth-order valence-corrected chi connectivity index (χ4v) is 6.36. The van der Waals surface area contributed by atoms with E-state index in [0.29, 0.717) is 42.3 Å². The molecule has 1 fully saturated rings. The maximum Gasteiger partial charge on any atom is 0.313 e. The number of fused-ring (bicyclic) bond motifs is 1. The van der Waals surface area contributed by atoms with Crippen LogP contribution in [-0.2, 0) is 16.0 Å². The van der Waals surface area contributed by atoms with E-state index in [4.69, 9.17) is 0 Å². The van der Waals surface area contributed by atoms with Crippen molar-refractivity contribution in [3.05, 3.63) is 70.0 Å². The average Bonchev–Trinajstić information content (AvgIpc) is 3.54. The van der Waals surface area contributed by atoms with E-state index >= 15 is 0 Å². The normalized spacial score (nSPS) is 15.3. The van der Waals surface area contributed by atoms with Crippen LogP contribution in [0, 0.1) is 5.92 Å². The number of nitrogens with zero attached hydrogens (tertiary/aromatic N) is 3. The molecule has 0 spiro atoms. The van der Waals surface area contributed by atoms with Crippen molar-refractivity contribution in [1.29, 1.82) is 0 Å². The molecule has 2 aliphatic rings. The third kappa shape index (κ3) is 6.20. The number of benzene rings is 1. The van der Waals surface area contributed by atoms with Crippen molar-refractivity contribution in [3.8, 4) is 0 Å². The van der Waals surface area contributed by atoms with Gasteiger partial charge in [0.15, 0.2) is 0 Å². The highest BCUT2D eigenvalue weighted by Crippen LogP contribution is 2.31. The lowest BCUT2D eigenvalue weighted by atomic mass is 9.96. The molecular weight excluding hydrogens is 546 g/mol. The molecule has 0 saturated carbocycles. The summed E-state index contributed by atoms with van der Waals surface area (Å²) < 4.78 is 0. The minimum Gasteiger partial charge on any atom is -0.348 e. The SMILES string of the molecule is CSc1ncccc1C(=O)N1CCC(CNC(=O)C(=O)Nc2ccc3c(c2)CCCN3C(=O)c2cccs2)CC1. The molecule has 0 aliphatic carbocycles. The largest absolute Gasteiger partial charge is 0.348 e. The smallest absolute Gasteiger partial charge is 0.313 e. The second-order valence-corrected chi connectivity index (χ2v) is 11.6. The number of amides is 4. The lowest BCUT2D eigenvalue weighted by Gasteiger charge is -2.32. The summed E-state index contributed by atoms with van der Waals surface area (Å²) in [5.41, 5.74) is 2.94. The maximum atomic E-state index is 12.9.